The number of rotatable bonds is 8. The molecule has 1 aromatic carbocycles. The van der Waals surface area contributed by atoms with Crippen molar-refractivity contribution in [1.29, 1.82) is 0 Å². The maximum absolute atomic E-state index is 5.48. The van der Waals surface area contributed by atoms with Crippen LogP contribution in [0.5, 0.6) is 11.5 Å². The molecule has 96 valence electrons. The lowest BCUT2D eigenvalue weighted by molar-refractivity contribution is 0.310. The van der Waals surface area contributed by atoms with E-state index in [1.165, 1.54) is 5.56 Å². The first kappa shape index (κ1) is 14.2. The fourth-order valence-electron chi connectivity index (χ4n) is 1.50. The number of benzene rings is 1. The second-order valence-electron chi connectivity index (χ2n) is 3.59. The highest BCUT2D eigenvalue weighted by Crippen LogP contribution is 2.27. The second kappa shape index (κ2) is 8.25. The van der Waals surface area contributed by atoms with Crippen molar-refractivity contribution in [2.45, 2.75) is 13.5 Å². The Kier molecular flexibility index (Phi) is 6.89. The molecule has 1 aromatic rings. The molecule has 0 saturated heterocycles. The summed E-state index contributed by atoms with van der Waals surface area (Å²) < 4.78 is 10.8. The van der Waals surface area contributed by atoms with Crippen molar-refractivity contribution in [3.8, 4) is 11.5 Å². The summed E-state index contributed by atoms with van der Waals surface area (Å²) in [5.41, 5.74) is 1.21. The third-order valence-corrected chi connectivity index (χ3v) is 2.95. The normalized spacial score (nSPS) is 10.3. The van der Waals surface area contributed by atoms with Gasteiger partial charge in [0.15, 0.2) is 11.5 Å². The van der Waals surface area contributed by atoms with Gasteiger partial charge in [0, 0.05) is 18.8 Å². The fraction of sp³-hybridized carbons (Fsp3) is 0.538. The maximum Gasteiger partial charge on any atom is 0.161 e. The second-order valence-corrected chi connectivity index (χ2v) is 4.57. The van der Waals surface area contributed by atoms with Crippen molar-refractivity contribution in [2.24, 2.45) is 0 Å². The van der Waals surface area contributed by atoms with Crippen molar-refractivity contribution < 1.29 is 9.47 Å². The molecule has 0 aromatic heterocycles. The van der Waals surface area contributed by atoms with Crippen LogP contribution in [0, 0.1) is 0 Å². The standard InChI is InChI=1S/C13H21NO2S/c1-4-16-12-6-5-11(9-13(12)15-2)10-14-7-8-17-3/h5-6,9,14H,4,7-8,10H2,1-3H3. The first-order valence-corrected chi connectivity index (χ1v) is 7.20. The molecular formula is C13H21NO2S. The van der Waals surface area contributed by atoms with Crippen LogP contribution in [0.4, 0.5) is 0 Å². The van der Waals surface area contributed by atoms with E-state index in [1.54, 1.807) is 7.11 Å². The van der Waals surface area contributed by atoms with Gasteiger partial charge in [-0.15, -0.1) is 0 Å². The molecule has 1 rings (SSSR count). The van der Waals surface area contributed by atoms with E-state index in [4.69, 9.17) is 9.47 Å². The fourth-order valence-corrected chi connectivity index (χ4v) is 1.85. The summed E-state index contributed by atoms with van der Waals surface area (Å²) in [5, 5.41) is 3.39. The number of hydrogen-bond donors (Lipinski definition) is 1. The van der Waals surface area contributed by atoms with E-state index in [-0.39, 0.29) is 0 Å². The van der Waals surface area contributed by atoms with Gasteiger partial charge in [-0.25, -0.2) is 0 Å². The van der Waals surface area contributed by atoms with Crippen LogP contribution in [0.1, 0.15) is 12.5 Å². The molecule has 4 heteroatoms. The Labute approximate surface area is 108 Å². The Morgan fingerprint density at radius 3 is 2.76 bits per heavy atom. The zero-order valence-corrected chi connectivity index (χ0v) is 11.6. The Balaban J connectivity index is 2.56. The van der Waals surface area contributed by atoms with Gasteiger partial charge in [0.2, 0.25) is 0 Å². The zero-order valence-electron chi connectivity index (χ0n) is 10.8. The van der Waals surface area contributed by atoms with Gasteiger partial charge >= 0.3 is 0 Å². The third-order valence-electron chi connectivity index (χ3n) is 2.34. The van der Waals surface area contributed by atoms with Crippen LogP contribution in [0.25, 0.3) is 0 Å². The van der Waals surface area contributed by atoms with Gasteiger partial charge < -0.3 is 14.8 Å². The number of hydrogen-bond acceptors (Lipinski definition) is 4. The molecule has 0 fully saturated rings. The Bertz CT molecular complexity index is 331. The molecule has 0 aliphatic heterocycles. The van der Waals surface area contributed by atoms with Crippen molar-refractivity contribution in [3.05, 3.63) is 23.8 Å². The van der Waals surface area contributed by atoms with Crippen molar-refractivity contribution in [1.82, 2.24) is 5.32 Å². The third kappa shape index (κ3) is 4.88. The molecule has 0 heterocycles. The van der Waals surface area contributed by atoms with Crippen LogP contribution in [-0.4, -0.2) is 32.3 Å². The Morgan fingerprint density at radius 2 is 2.12 bits per heavy atom. The van der Waals surface area contributed by atoms with Gasteiger partial charge in [-0.3, -0.25) is 0 Å². The monoisotopic (exact) mass is 255 g/mol. The quantitative estimate of drug-likeness (QED) is 0.723. The largest absolute Gasteiger partial charge is 0.493 e. The zero-order chi connectivity index (χ0) is 12.5. The summed E-state index contributed by atoms with van der Waals surface area (Å²) in [6.45, 7) is 4.51. The summed E-state index contributed by atoms with van der Waals surface area (Å²) in [6, 6.07) is 6.06. The van der Waals surface area contributed by atoms with Crippen LogP contribution >= 0.6 is 11.8 Å². The molecular weight excluding hydrogens is 234 g/mol. The molecule has 0 bridgehead atoms. The minimum atomic E-state index is 0.654. The molecule has 0 aliphatic carbocycles. The molecule has 0 saturated carbocycles. The predicted molar refractivity (Wildman–Crippen MR) is 74.3 cm³/mol. The first-order chi connectivity index (χ1) is 8.31. The van der Waals surface area contributed by atoms with Gasteiger partial charge in [-0.1, -0.05) is 6.07 Å². The average Bonchev–Trinajstić information content (AvgIpc) is 2.36. The number of nitrogens with one attached hydrogen (secondary N) is 1. The van der Waals surface area contributed by atoms with Gasteiger partial charge in [0.05, 0.1) is 13.7 Å². The van der Waals surface area contributed by atoms with Crippen LogP contribution in [0.15, 0.2) is 18.2 Å². The Hall–Kier alpha value is -0.870. The molecule has 0 aliphatic rings. The van der Waals surface area contributed by atoms with Gasteiger partial charge in [0.1, 0.15) is 0 Å². The van der Waals surface area contributed by atoms with Crippen molar-refractivity contribution in [2.75, 3.05) is 32.3 Å². The number of thioether (sulfide) groups is 1. The SMILES string of the molecule is CCOc1ccc(CNCCSC)cc1OC. The van der Waals surface area contributed by atoms with Gasteiger partial charge in [0.25, 0.3) is 0 Å². The van der Waals surface area contributed by atoms with Crippen molar-refractivity contribution >= 4 is 11.8 Å². The lowest BCUT2D eigenvalue weighted by atomic mass is 10.2. The molecule has 0 unspecified atom stereocenters. The lowest BCUT2D eigenvalue weighted by Gasteiger charge is -2.11. The molecule has 0 atom stereocenters. The highest BCUT2D eigenvalue weighted by Gasteiger charge is 2.04. The average molecular weight is 255 g/mol. The van der Waals surface area contributed by atoms with Gasteiger partial charge in [-0.05, 0) is 30.9 Å². The maximum atomic E-state index is 5.48. The van der Waals surface area contributed by atoms with E-state index in [2.05, 4.69) is 17.6 Å². The van der Waals surface area contributed by atoms with E-state index in [0.29, 0.717) is 6.61 Å². The topological polar surface area (TPSA) is 30.5 Å². The van der Waals surface area contributed by atoms with E-state index in [9.17, 15) is 0 Å². The molecule has 0 radical (unpaired) electrons. The van der Waals surface area contributed by atoms with E-state index >= 15 is 0 Å². The smallest absolute Gasteiger partial charge is 0.161 e. The molecule has 0 spiro atoms. The molecule has 3 nitrogen and oxygen atoms in total. The highest BCUT2D eigenvalue weighted by molar-refractivity contribution is 7.98. The van der Waals surface area contributed by atoms with Crippen LogP contribution in [-0.2, 0) is 6.54 Å². The summed E-state index contributed by atoms with van der Waals surface area (Å²) >= 11 is 1.85. The minimum absolute atomic E-state index is 0.654. The highest BCUT2D eigenvalue weighted by atomic mass is 32.2. The van der Waals surface area contributed by atoms with E-state index in [0.717, 1.165) is 30.3 Å². The summed E-state index contributed by atoms with van der Waals surface area (Å²) in [5.74, 6) is 2.74. The Morgan fingerprint density at radius 1 is 1.29 bits per heavy atom. The molecule has 0 amide bonds. The minimum Gasteiger partial charge on any atom is -0.493 e. The van der Waals surface area contributed by atoms with Crippen LogP contribution in [0.3, 0.4) is 0 Å². The summed E-state index contributed by atoms with van der Waals surface area (Å²) in [6.07, 6.45) is 2.11. The lowest BCUT2D eigenvalue weighted by Crippen LogP contribution is -2.16. The number of ether oxygens (including phenoxy) is 2. The van der Waals surface area contributed by atoms with Crippen LogP contribution < -0.4 is 14.8 Å². The molecule has 1 N–H and O–H groups in total. The number of methoxy groups -OCH3 is 1. The van der Waals surface area contributed by atoms with Crippen LogP contribution in [0.2, 0.25) is 0 Å². The summed E-state index contributed by atoms with van der Waals surface area (Å²) in [4.78, 5) is 0. The van der Waals surface area contributed by atoms with Gasteiger partial charge in [-0.2, -0.15) is 11.8 Å². The predicted octanol–water partition coefficient (Wildman–Crippen LogP) is 2.55. The summed E-state index contributed by atoms with van der Waals surface area (Å²) in [7, 11) is 1.67. The van der Waals surface area contributed by atoms with E-state index in [1.807, 2.05) is 30.8 Å². The first-order valence-electron chi connectivity index (χ1n) is 5.81. The van der Waals surface area contributed by atoms with E-state index < -0.39 is 0 Å². The molecule has 17 heavy (non-hydrogen) atoms. The van der Waals surface area contributed by atoms with Crippen molar-refractivity contribution in [3.63, 3.8) is 0 Å².